The van der Waals surface area contributed by atoms with Crippen LogP contribution in [0.25, 0.3) is 0 Å². The largest absolute Gasteiger partial charge is 0.335 e. The van der Waals surface area contributed by atoms with Crippen molar-refractivity contribution in [3.63, 3.8) is 0 Å². The van der Waals surface area contributed by atoms with Crippen LogP contribution in [0, 0.1) is 0 Å². The van der Waals surface area contributed by atoms with Gasteiger partial charge in [0.05, 0.1) is 11.4 Å². The van der Waals surface area contributed by atoms with E-state index in [2.05, 4.69) is 40.6 Å². The maximum Gasteiger partial charge on any atom is 0.236 e. The summed E-state index contributed by atoms with van der Waals surface area (Å²) >= 11 is 6.55. The van der Waals surface area contributed by atoms with E-state index in [1.54, 1.807) is 23.1 Å². The Labute approximate surface area is 195 Å². The molecule has 0 aromatic carbocycles. The highest BCUT2D eigenvalue weighted by Gasteiger charge is 2.30. The number of aromatic nitrogens is 3. The molecule has 0 aliphatic heterocycles. The van der Waals surface area contributed by atoms with Crippen LogP contribution in [0.2, 0.25) is 0 Å². The van der Waals surface area contributed by atoms with E-state index in [0.29, 0.717) is 22.7 Å². The molecule has 2 atom stereocenters. The number of aryl methyl sites for hydroxylation is 1. The summed E-state index contributed by atoms with van der Waals surface area (Å²) in [6.45, 7) is 6.27. The van der Waals surface area contributed by atoms with Crippen molar-refractivity contribution < 1.29 is 4.79 Å². The van der Waals surface area contributed by atoms with Crippen molar-refractivity contribution in [3.05, 3.63) is 27.9 Å². The lowest BCUT2D eigenvalue weighted by atomic mass is 9.80. The van der Waals surface area contributed by atoms with Gasteiger partial charge in [-0.15, -0.1) is 21.5 Å². The van der Waals surface area contributed by atoms with Crippen molar-refractivity contribution in [1.82, 2.24) is 15.2 Å². The standard InChI is InChI=1S/C20H29N5OS4/c1-5-15-17(29-19(22-15)21-12(2)10-27-3)13-7-6-8-14(9-13)18-24-25-20(30-18)23-16(26)11-28-4/h13-14H,2,5-11H2,1,3-4H3,(H,21,22)(H,23,25,26)/t13-,14-/m0/s1. The minimum atomic E-state index is -0.0212. The smallest absolute Gasteiger partial charge is 0.236 e. The molecule has 1 saturated carbocycles. The van der Waals surface area contributed by atoms with Crippen LogP contribution in [-0.4, -0.2) is 45.1 Å². The number of hydrogen-bond donors (Lipinski definition) is 2. The van der Waals surface area contributed by atoms with Crippen LogP contribution in [0.1, 0.15) is 60.0 Å². The van der Waals surface area contributed by atoms with Gasteiger partial charge in [-0.3, -0.25) is 10.1 Å². The Kier molecular flexibility index (Phi) is 9.03. The summed E-state index contributed by atoms with van der Waals surface area (Å²) in [5.74, 6) is 2.19. The fourth-order valence-electron chi connectivity index (χ4n) is 3.74. The molecule has 30 heavy (non-hydrogen) atoms. The number of carbonyl (C=O) groups excluding carboxylic acids is 1. The Hall–Kier alpha value is -1.10. The van der Waals surface area contributed by atoms with Crippen LogP contribution in [0.3, 0.4) is 0 Å². The number of nitrogens with zero attached hydrogens (tertiary/aromatic N) is 3. The molecule has 1 amide bonds. The van der Waals surface area contributed by atoms with Gasteiger partial charge in [0.15, 0.2) is 5.13 Å². The number of anilines is 2. The molecule has 0 unspecified atom stereocenters. The highest BCUT2D eigenvalue weighted by Crippen LogP contribution is 2.45. The molecule has 2 N–H and O–H groups in total. The fourth-order valence-corrected chi connectivity index (χ4v) is 6.65. The zero-order chi connectivity index (χ0) is 21.5. The van der Waals surface area contributed by atoms with E-state index >= 15 is 0 Å². The van der Waals surface area contributed by atoms with Crippen LogP contribution >= 0.6 is 46.2 Å². The molecule has 6 nitrogen and oxygen atoms in total. The molecule has 0 bridgehead atoms. The number of amides is 1. The van der Waals surface area contributed by atoms with Gasteiger partial charge in [0, 0.05) is 22.2 Å². The molecule has 10 heteroatoms. The summed E-state index contributed by atoms with van der Waals surface area (Å²) in [5, 5.41) is 17.4. The highest BCUT2D eigenvalue weighted by atomic mass is 32.2. The number of nitrogens with one attached hydrogen (secondary N) is 2. The lowest BCUT2D eigenvalue weighted by Crippen LogP contribution is -2.13. The third kappa shape index (κ3) is 6.21. The molecule has 0 radical (unpaired) electrons. The summed E-state index contributed by atoms with van der Waals surface area (Å²) in [6.07, 6.45) is 9.48. The van der Waals surface area contributed by atoms with E-state index in [4.69, 9.17) is 4.98 Å². The monoisotopic (exact) mass is 483 g/mol. The van der Waals surface area contributed by atoms with Crippen molar-refractivity contribution in [2.45, 2.75) is 50.9 Å². The summed E-state index contributed by atoms with van der Waals surface area (Å²) in [4.78, 5) is 18.1. The second-order valence-electron chi connectivity index (χ2n) is 7.33. The zero-order valence-corrected chi connectivity index (χ0v) is 21.0. The molecule has 0 spiro atoms. The van der Waals surface area contributed by atoms with Gasteiger partial charge in [-0.05, 0) is 44.1 Å². The van der Waals surface area contributed by atoms with E-state index < -0.39 is 0 Å². The minimum Gasteiger partial charge on any atom is -0.335 e. The van der Waals surface area contributed by atoms with Gasteiger partial charge >= 0.3 is 0 Å². The average Bonchev–Trinajstić information content (AvgIpc) is 3.35. The average molecular weight is 484 g/mol. The van der Waals surface area contributed by atoms with Crippen molar-refractivity contribution in [2.75, 3.05) is 34.7 Å². The molecule has 2 aromatic rings. The topological polar surface area (TPSA) is 79.8 Å². The number of thioether (sulfide) groups is 2. The quantitative estimate of drug-likeness (QED) is 0.456. The zero-order valence-electron chi connectivity index (χ0n) is 17.7. The Balaban J connectivity index is 1.69. The first-order chi connectivity index (χ1) is 14.5. The Morgan fingerprint density at radius 2 is 1.87 bits per heavy atom. The van der Waals surface area contributed by atoms with E-state index in [1.165, 1.54) is 46.5 Å². The van der Waals surface area contributed by atoms with E-state index in [9.17, 15) is 4.79 Å². The van der Waals surface area contributed by atoms with E-state index in [0.717, 1.165) is 40.9 Å². The molecule has 1 aliphatic carbocycles. The molecular weight excluding hydrogens is 455 g/mol. The van der Waals surface area contributed by atoms with Crippen LogP contribution in [0.5, 0.6) is 0 Å². The van der Waals surface area contributed by atoms with Gasteiger partial charge in [0.1, 0.15) is 5.01 Å². The lowest BCUT2D eigenvalue weighted by Gasteiger charge is -2.27. The lowest BCUT2D eigenvalue weighted by molar-refractivity contribution is -0.113. The fraction of sp³-hybridized carbons (Fsp3) is 0.600. The first-order valence-corrected chi connectivity index (χ1v) is 14.5. The molecule has 3 rings (SSSR count). The molecule has 1 aliphatic rings. The molecule has 164 valence electrons. The molecule has 2 heterocycles. The number of rotatable bonds is 10. The van der Waals surface area contributed by atoms with Crippen LogP contribution in [0.15, 0.2) is 12.3 Å². The van der Waals surface area contributed by atoms with Gasteiger partial charge in [-0.1, -0.05) is 31.3 Å². The van der Waals surface area contributed by atoms with Gasteiger partial charge < -0.3 is 5.32 Å². The first-order valence-electron chi connectivity index (χ1n) is 10.1. The summed E-state index contributed by atoms with van der Waals surface area (Å²) < 4.78 is 0. The summed E-state index contributed by atoms with van der Waals surface area (Å²) in [7, 11) is 0. The number of thiazole rings is 1. The third-order valence-electron chi connectivity index (χ3n) is 5.02. The third-order valence-corrected chi connectivity index (χ3v) is 8.39. The van der Waals surface area contributed by atoms with Crippen LogP contribution in [0.4, 0.5) is 10.3 Å². The molecule has 1 fully saturated rings. The number of hydrogen-bond acceptors (Lipinski definition) is 9. The second-order valence-corrected chi connectivity index (χ2v) is 11.1. The predicted octanol–water partition coefficient (Wildman–Crippen LogP) is 5.59. The summed E-state index contributed by atoms with van der Waals surface area (Å²) in [6, 6.07) is 0. The molecule has 2 aromatic heterocycles. The van der Waals surface area contributed by atoms with Gasteiger partial charge in [0.2, 0.25) is 11.0 Å². The van der Waals surface area contributed by atoms with Crippen molar-refractivity contribution in [1.29, 1.82) is 0 Å². The molecule has 0 saturated heterocycles. The Bertz CT molecular complexity index is 865. The predicted molar refractivity (Wildman–Crippen MR) is 134 cm³/mol. The minimum absolute atomic E-state index is 0.0212. The maximum atomic E-state index is 11.8. The van der Waals surface area contributed by atoms with Crippen molar-refractivity contribution in [3.8, 4) is 0 Å². The highest BCUT2D eigenvalue weighted by molar-refractivity contribution is 7.99. The normalized spacial score (nSPS) is 18.9. The van der Waals surface area contributed by atoms with Crippen molar-refractivity contribution in [2.24, 2.45) is 0 Å². The Morgan fingerprint density at radius 1 is 1.10 bits per heavy atom. The Morgan fingerprint density at radius 3 is 2.60 bits per heavy atom. The second kappa shape index (κ2) is 11.5. The van der Waals surface area contributed by atoms with Gasteiger partial charge in [0.25, 0.3) is 0 Å². The van der Waals surface area contributed by atoms with Crippen LogP contribution < -0.4 is 10.6 Å². The van der Waals surface area contributed by atoms with Gasteiger partial charge in [-0.25, -0.2) is 4.98 Å². The maximum absolute atomic E-state index is 11.8. The SMILES string of the molecule is C=C(CSC)Nc1nc(CC)c([C@H]2CCC[C@H](c3nnc(NC(=O)CSC)s3)C2)s1. The number of carbonyl (C=O) groups is 1. The first kappa shape index (κ1) is 23.6. The van der Waals surface area contributed by atoms with Crippen molar-refractivity contribution >= 4 is 62.4 Å². The van der Waals surface area contributed by atoms with E-state index in [-0.39, 0.29) is 5.91 Å². The van der Waals surface area contributed by atoms with E-state index in [1.807, 2.05) is 6.26 Å². The molecular formula is C20H29N5OS4. The summed E-state index contributed by atoms with van der Waals surface area (Å²) in [5.41, 5.74) is 2.20. The van der Waals surface area contributed by atoms with Gasteiger partial charge in [-0.2, -0.15) is 23.5 Å². The van der Waals surface area contributed by atoms with Crippen LogP contribution in [-0.2, 0) is 11.2 Å².